The second-order valence-corrected chi connectivity index (χ2v) is 2.75. The van der Waals surface area contributed by atoms with Crippen LogP contribution >= 0.6 is 15.6 Å². The van der Waals surface area contributed by atoms with Gasteiger partial charge < -0.3 is 38.5 Å². The third kappa shape index (κ3) is 760. The molecular formula is HAlNiO8P2. The smallest absolute Gasteiger partial charge is 0.822 e. The molecule has 0 bridgehead atoms. The van der Waals surface area contributed by atoms with Gasteiger partial charge in [-0.15, -0.1) is 0 Å². The maximum atomic E-state index is 8.66. The fourth-order valence-corrected chi connectivity index (χ4v) is 0. The monoisotopic (exact) mass is 276 g/mol. The molecule has 0 heterocycles. The molecule has 0 aliphatic rings. The van der Waals surface area contributed by atoms with E-state index in [1.165, 1.54) is 0 Å². The summed E-state index contributed by atoms with van der Waals surface area (Å²) in [5.74, 6) is 0. The molecule has 1 N–H and O–H groups in total. The molecule has 0 aliphatic carbocycles. The van der Waals surface area contributed by atoms with Crippen molar-refractivity contribution in [3.63, 3.8) is 0 Å². The van der Waals surface area contributed by atoms with Crippen LogP contribution in [0.3, 0.4) is 0 Å². The summed E-state index contributed by atoms with van der Waals surface area (Å²) in [6.45, 7) is 0. The van der Waals surface area contributed by atoms with Crippen LogP contribution in [0.15, 0.2) is 0 Å². The van der Waals surface area contributed by atoms with Crippen molar-refractivity contribution < 1.29 is 55.0 Å². The Morgan fingerprint density at radius 3 is 0.917 bits per heavy atom. The van der Waals surface area contributed by atoms with Crippen molar-refractivity contribution in [2.24, 2.45) is 0 Å². The topological polar surface area (TPSA) is 170 Å². The van der Waals surface area contributed by atoms with Gasteiger partial charge in [0.25, 0.3) is 0 Å². The molecule has 0 unspecified atom stereocenters. The molecule has 8 nitrogen and oxygen atoms in total. The van der Waals surface area contributed by atoms with Crippen molar-refractivity contribution in [1.82, 2.24) is 0 Å². The molecule has 72 valence electrons. The molecule has 0 aromatic carbocycles. The normalized spacial score (nSPS) is 9.83. The van der Waals surface area contributed by atoms with Crippen LogP contribution in [-0.2, 0) is 25.6 Å². The van der Waals surface area contributed by atoms with Gasteiger partial charge in [0, 0.05) is 0 Å². The first-order chi connectivity index (χ1) is 4.00. The quantitative estimate of drug-likeness (QED) is 0.337. The summed E-state index contributed by atoms with van der Waals surface area (Å²) < 4.78 is 17.2. The largest absolute Gasteiger partial charge is 3.00 e. The summed E-state index contributed by atoms with van der Waals surface area (Å²) in [5.41, 5.74) is 0. The van der Waals surface area contributed by atoms with E-state index >= 15 is 0 Å². The molecular weight excluding hydrogens is 276 g/mol. The minimum absolute atomic E-state index is 0. The molecule has 0 saturated carbocycles. The first kappa shape index (κ1) is 23.2. The second kappa shape index (κ2) is 8.83. The average Bonchev–Trinajstić information content (AvgIpc) is 1.12. The summed E-state index contributed by atoms with van der Waals surface area (Å²) in [4.78, 5) is 49.9. The fraction of sp³-hybridized carbons (Fsp3) is 0. The van der Waals surface area contributed by atoms with Crippen molar-refractivity contribution in [1.29, 1.82) is 0 Å². The first-order valence-electron chi connectivity index (χ1n) is 1.48. The van der Waals surface area contributed by atoms with Crippen LogP contribution in [0.5, 0.6) is 0 Å². The standard InChI is InChI=1S/Al.Ni.2H3O4P/c;;2*1-5(2,3)4/h;;2*(H3,1,2,3,4)/q+3;+2;;/p-5. The van der Waals surface area contributed by atoms with Gasteiger partial charge in [-0.3, -0.25) is 0 Å². The van der Waals surface area contributed by atoms with E-state index in [0.29, 0.717) is 0 Å². The van der Waals surface area contributed by atoms with Gasteiger partial charge in [0.1, 0.15) is 0 Å². The first-order valence-corrected chi connectivity index (χ1v) is 4.43. The van der Waals surface area contributed by atoms with Gasteiger partial charge in [0.05, 0.1) is 7.82 Å². The maximum absolute atomic E-state index is 8.66. The Balaban J connectivity index is -0.0000000457. The number of phosphoric acid groups is 2. The van der Waals surface area contributed by atoms with E-state index in [2.05, 4.69) is 0 Å². The Morgan fingerprint density at radius 2 is 0.917 bits per heavy atom. The van der Waals surface area contributed by atoms with E-state index in [4.69, 9.17) is 38.5 Å². The minimum atomic E-state index is -5.39. The van der Waals surface area contributed by atoms with Crippen molar-refractivity contribution in [2.45, 2.75) is 0 Å². The number of rotatable bonds is 0. The molecule has 0 amide bonds. The van der Waals surface area contributed by atoms with Gasteiger partial charge in [-0.1, -0.05) is 0 Å². The molecule has 0 atom stereocenters. The summed E-state index contributed by atoms with van der Waals surface area (Å²) >= 11 is 0. The van der Waals surface area contributed by atoms with Crippen LogP contribution in [0.1, 0.15) is 0 Å². The number of hydrogen-bond acceptors (Lipinski definition) is 7. The Hall–Kier alpha value is 1.25. The molecule has 0 radical (unpaired) electrons. The minimum Gasteiger partial charge on any atom is -0.822 e. The summed E-state index contributed by atoms with van der Waals surface area (Å²) in [5, 5.41) is 0. The van der Waals surface area contributed by atoms with Gasteiger partial charge in [-0.05, 0) is 0 Å². The van der Waals surface area contributed by atoms with Crippen molar-refractivity contribution >= 4 is 33.0 Å². The van der Waals surface area contributed by atoms with Crippen LogP contribution in [-0.4, -0.2) is 22.3 Å². The Bertz CT molecular complexity index is 129. The molecule has 0 rings (SSSR count). The summed E-state index contributed by atoms with van der Waals surface area (Å²) in [6, 6.07) is 0. The molecule has 0 spiro atoms. The summed E-state index contributed by atoms with van der Waals surface area (Å²) in [7, 11) is -10.5. The number of hydrogen-bond donors (Lipinski definition) is 1. The van der Waals surface area contributed by atoms with E-state index in [9.17, 15) is 0 Å². The SMILES string of the molecule is O=P([O-])([O-])O.O=P([O-])([O-])[O-].[Al+3].[Ni+2]. The third-order valence-corrected chi connectivity index (χ3v) is 0. The third-order valence-electron chi connectivity index (χ3n) is 0. The predicted molar refractivity (Wildman–Crippen MR) is 23.2 cm³/mol. The Morgan fingerprint density at radius 1 is 0.917 bits per heavy atom. The molecule has 0 aliphatic heterocycles. The van der Waals surface area contributed by atoms with Crippen molar-refractivity contribution in [3.8, 4) is 0 Å². The molecule has 0 saturated heterocycles. The van der Waals surface area contributed by atoms with Gasteiger partial charge in [-0.2, -0.15) is 7.82 Å². The van der Waals surface area contributed by atoms with Crippen LogP contribution in [0, 0.1) is 0 Å². The molecule has 12 heavy (non-hydrogen) atoms. The molecule has 0 fully saturated rings. The van der Waals surface area contributed by atoms with Crippen LogP contribution in [0.25, 0.3) is 0 Å². The van der Waals surface area contributed by atoms with E-state index < -0.39 is 15.6 Å². The van der Waals surface area contributed by atoms with Crippen LogP contribution in [0.2, 0.25) is 0 Å². The van der Waals surface area contributed by atoms with Crippen molar-refractivity contribution in [2.75, 3.05) is 0 Å². The van der Waals surface area contributed by atoms with E-state index in [1.54, 1.807) is 0 Å². The van der Waals surface area contributed by atoms with Gasteiger partial charge in [-0.25, -0.2) is 0 Å². The fourth-order valence-electron chi connectivity index (χ4n) is 0. The Labute approximate surface area is 88.2 Å². The predicted octanol–water partition coefficient (Wildman–Crippen LogP) is -5.40. The van der Waals surface area contributed by atoms with Gasteiger partial charge in [0.2, 0.25) is 0 Å². The van der Waals surface area contributed by atoms with Crippen molar-refractivity contribution in [3.05, 3.63) is 0 Å². The van der Waals surface area contributed by atoms with E-state index in [0.717, 1.165) is 0 Å². The molecule has 0 aromatic rings. The van der Waals surface area contributed by atoms with Gasteiger partial charge >= 0.3 is 33.9 Å². The second-order valence-electron chi connectivity index (χ2n) is 0.916. The zero-order valence-electron chi connectivity index (χ0n) is 5.09. The zero-order chi connectivity index (χ0) is 9.00. The molecule has 0 aromatic heterocycles. The Kier molecular flexibility index (Phi) is 17.1. The molecule has 12 heteroatoms. The van der Waals surface area contributed by atoms with Crippen LogP contribution in [0.4, 0.5) is 0 Å². The van der Waals surface area contributed by atoms with E-state index in [-0.39, 0.29) is 33.9 Å². The zero-order valence-corrected chi connectivity index (χ0v) is 9.02. The van der Waals surface area contributed by atoms with Crippen LogP contribution < -0.4 is 24.5 Å². The van der Waals surface area contributed by atoms with E-state index in [1.807, 2.05) is 0 Å². The maximum Gasteiger partial charge on any atom is 3.00 e. The van der Waals surface area contributed by atoms with Gasteiger partial charge in [0.15, 0.2) is 0 Å². The average molecular weight is 277 g/mol. The summed E-state index contributed by atoms with van der Waals surface area (Å²) in [6.07, 6.45) is 0.